The lowest BCUT2D eigenvalue weighted by molar-refractivity contribution is 0.282. The molecule has 6 nitrogen and oxygen atoms in total. The van der Waals surface area contributed by atoms with E-state index in [-0.39, 0.29) is 0 Å². The number of hydrogen-bond acceptors (Lipinski definition) is 4. The van der Waals surface area contributed by atoms with Gasteiger partial charge in [-0.2, -0.15) is 0 Å². The Morgan fingerprint density at radius 2 is 2.04 bits per heavy atom. The number of hydrogen-bond donors (Lipinski definition) is 2. The summed E-state index contributed by atoms with van der Waals surface area (Å²) in [6.45, 7) is 8.20. The van der Waals surface area contributed by atoms with Gasteiger partial charge in [-0.15, -0.1) is 0 Å². The Morgan fingerprint density at radius 3 is 2.76 bits per heavy atom. The van der Waals surface area contributed by atoms with Gasteiger partial charge >= 0.3 is 0 Å². The molecule has 1 fully saturated rings. The molecule has 0 spiro atoms. The highest BCUT2D eigenvalue weighted by atomic mass is 16.5. The van der Waals surface area contributed by atoms with Crippen LogP contribution in [-0.2, 0) is 6.54 Å². The number of aromatic nitrogens is 1. The van der Waals surface area contributed by atoms with Crippen LogP contribution >= 0.6 is 0 Å². The maximum Gasteiger partial charge on any atom is 0.213 e. The highest BCUT2D eigenvalue weighted by molar-refractivity contribution is 5.79. The van der Waals surface area contributed by atoms with Crippen molar-refractivity contribution in [1.82, 2.24) is 20.5 Å². The van der Waals surface area contributed by atoms with Crippen LogP contribution in [-0.4, -0.2) is 55.7 Å². The second kappa shape index (κ2) is 11.7. The Morgan fingerprint density at radius 1 is 1.24 bits per heavy atom. The van der Waals surface area contributed by atoms with Crippen molar-refractivity contribution in [2.75, 3.05) is 39.8 Å². The number of likely N-dealkylation sites (tertiary alicyclic amines) is 1. The van der Waals surface area contributed by atoms with E-state index in [1.807, 2.05) is 12.1 Å². The monoisotopic (exact) mass is 347 g/mol. The minimum atomic E-state index is 0.611. The van der Waals surface area contributed by atoms with Crippen LogP contribution in [0, 0.1) is 0 Å². The fourth-order valence-electron chi connectivity index (χ4n) is 3.04. The number of methoxy groups -OCH3 is 1. The number of ether oxygens (including phenoxy) is 1. The Hall–Kier alpha value is -1.82. The summed E-state index contributed by atoms with van der Waals surface area (Å²) in [7, 11) is 1.63. The van der Waals surface area contributed by atoms with E-state index in [1.54, 1.807) is 13.3 Å². The van der Waals surface area contributed by atoms with Gasteiger partial charge in [0, 0.05) is 25.4 Å². The lowest BCUT2D eigenvalue weighted by atomic mass is 10.2. The first-order chi connectivity index (χ1) is 12.3. The average Bonchev–Trinajstić information content (AvgIpc) is 2.92. The van der Waals surface area contributed by atoms with Gasteiger partial charge in [0.15, 0.2) is 5.96 Å². The zero-order chi connectivity index (χ0) is 17.7. The molecule has 2 N–H and O–H groups in total. The van der Waals surface area contributed by atoms with Gasteiger partial charge in [-0.25, -0.2) is 9.98 Å². The number of pyridine rings is 1. The summed E-state index contributed by atoms with van der Waals surface area (Å²) in [6.07, 6.45) is 8.40. The predicted octanol–water partition coefficient (Wildman–Crippen LogP) is 2.41. The lowest BCUT2D eigenvalue weighted by Gasteiger charge is -2.20. The van der Waals surface area contributed by atoms with Crippen molar-refractivity contribution in [2.24, 2.45) is 4.99 Å². The van der Waals surface area contributed by atoms with Crippen LogP contribution in [0.3, 0.4) is 0 Å². The van der Waals surface area contributed by atoms with Crippen molar-refractivity contribution in [3.05, 3.63) is 23.9 Å². The third-order valence-electron chi connectivity index (χ3n) is 4.41. The van der Waals surface area contributed by atoms with Crippen LogP contribution in [0.15, 0.2) is 23.3 Å². The van der Waals surface area contributed by atoms with E-state index in [4.69, 9.17) is 4.74 Å². The molecule has 1 aromatic rings. The highest BCUT2D eigenvalue weighted by Gasteiger charge is 2.08. The lowest BCUT2D eigenvalue weighted by Crippen LogP contribution is -2.39. The summed E-state index contributed by atoms with van der Waals surface area (Å²) < 4.78 is 5.16. The molecule has 0 atom stereocenters. The van der Waals surface area contributed by atoms with Crippen LogP contribution in [0.5, 0.6) is 5.88 Å². The molecule has 140 valence electrons. The molecule has 25 heavy (non-hydrogen) atoms. The standard InChI is InChI=1S/C19H33N5O/c1-3-20-19(23-16-17-9-11-21-18(15-17)25-2)22-10-8-14-24-12-6-4-5-7-13-24/h9,11,15H,3-8,10,12-14,16H2,1-2H3,(H2,20,22,23). The first-order valence-electron chi connectivity index (χ1n) is 9.55. The Bertz CT molecular complexity index is 512. The number of guanidine groups is 1. The molecule has 1 saturated heterocycles. The van der Waals surface area contributed by atoms with Crippen LogP contribution in [0.1, 0.15) is 44.6 Å². The van der Waals surface area contributed by atoms with E-state index in [0.29, 0.717) is 12.4 Å². The molecular formula is C19H33N5O. The topological polar surface area (TPSA) is 61.8 Å². The van der Waals surface area contributed by atoms with Crippen molar-refractivity contribution in [3.63, 3.8) is 0 Å². The number of nitrogens with one attached hydrogen (secondary N) is 2. The molecule has 0 amide bonds. The van der Waals surface area contributed by atoms with Gasteiger partial charge in [0.2, 0.25) is 5.88 Å². The van der Waals surface area contributed by atoms with E-state index < -0.39 is 0 Å². The summed E-state index contributed by atoms with van der Waals surface area (Å²) in [6, 6.07) is 3.89. The summed E-state index contributed by atoms with van der Waals surface area (Å²) in [5.74, 6) is 1.50. The summed E-state index contributed by atoms with van der Waals surface area (Å²) in [5, 5.41) is 6.75. The molecule has 6 heteroatoms. The van der Waals surface area contributed by atoms with Gasteiger partial charge in [0.1, 0.15) is 0 Å². The maximum atomic E-state index is 5.16. The Labute approximate surface area is 152 Å². The molecule has 1 aromatic heterocycles. The third-order valence-corrected chi connectivity index (χ3v) is 4.41. The SMILES string of the molecule is CCNC(=NCc1ccnc(OC)c1)NCCCN1CCCCCC1. The van der Waals surface area contributed by atoms with E-state index in [9.17, 15) is 0 Å². The molecule has 0 saturated carbocycles. The van der Waals surface area contributed by atoms with Crippen LogP contribution < -0.4 is 15.4 Å². The fraction of sp³-hybridized carbons (Fsp3) is 0.684. The molecule has 0 bridgehead atoms. The van der Waals surface area contributed by atoms with Crippen molar-refractivity contribution in [2.45, 2.75) is 45.6 Å². The van der Waals surface area contributed by atoms with Crippen molar-refractivity contribution < 1.29 is 4.74 Å². The molecular weight excluding hydrogens is 314 g/mol. The van der Waals surface area contributed by atoms with E-state index >= 15 is 0 Å². The average molecular weight is 348 g/mol. The number of nitrogens with zero attached hydrogens (tertiary/aromatic N) is 3. The fourth-order valence-corrected chi connectivity index (χ4v) is 3.04. The summed E-state index contributed by atoms with van der Waals surface area (Å²) >= 11 is 0. The quantitative estimate of drug-likeness (QED) is 0.430. The second-order valence-electron chi connectivity index (χ2n) is 6.44. The molecule has 1 aliphatic rings. The van der Waals surface area contributed by atoms with E-state index in [2.05, 4.69) is 32.4 Å². The molecule has 0 aliphatic carbocycles. The normalized spacial score (nSPS) is 16.3. The molecule has 0 aromatic carbocycles. The van der Waals surface area contributed by atoms with Crippen LogP contribution in [0.25, 0.3) is 0 Å². The maximum absolute atomic E-state index is 5.16. The van der Waals surface area contributed by atoms with Gasteiger partial charge in [-0.3, -0.25) is 0 Å². The highest BCUT2D eigenvalue weighted by Crippen LogP contribution is 2.10. The Balaban J connectivity index is 1.74. The first kappa shape index (κ1) is 19.5. The van der Waals surface area contributed by atoms with Crippen LogP contribution in [0.4, 0.5) is 0 Å². The molecule has 0 radical (unpaired) electrons. The zero-order valence-corrected chi connectivity index (χ0v) is 15.8. The minimum Gasteiger partial charge on any atom is -0.481 e. The van der Waals surface area contributed by atoms with Gasteiger partial charge in [0.25, 0.3) is 0 Å². The number of rotatable bonds is 8. The molecule has 2 heterocycles. The first-order valence-corrected chi connectivity index (χ1v) is 9.55. The predicted molar refractivity (Wildman–Crippen MR) is 103 cm³/mol. The largest absolute Gasteiger partial charge is 0.481 e. The third kappa shape index (κ3) is 7.73. The van der Waals surface area contributed by atoms with Crippen molar-refractivity contribution in [3.8, 4) is 5.88 Å². The molecule has 1 aliphatic heterocycles. The van der Waals surface area contributed by atoms with Crippen molar-refractivity contribution >= 4 is 5.96 Å². The minimum absolute atomic E-state index is 0.611. The van der Waals surface area contributed by atoms with Gasteiger partial charge in [-0.05, 0) is 57.5 Å². The van der Waals surface area contributed by atoms with Gasteiger partial charge in [0.05, 0.1) is 13.7 Å². The second-order valence-corrected chi connectivity index (χ2v) is 6.44. The summed E-state index contributed by atoms with van der Waals surface area (Å²) in [4.78, 5) is 11.4. The molecule has 2 rings (SSSR count). The van der Waals surface area contributed by atoms with E-state index in [1.165, 1.54) is 45.3 Å². The van der Waals surface area contributed by atoms with Crippen molar-refractivity contribution in [1.29, 1.82) is 0 Å². The smallest absolute Gasteiger partial charge is 0.213 e. The zero-order valence-electron chi connectivity index (χ0n) is 15.8. The van der Waals surface area contributed by atoms with Gasteiger partial charge < -0.3 is 20.3 Å². The summed E-state index contributed by atoms with van der Waals surface area (Å²) in [5.41, 5.74) is 1.09. The Kier molecular flexibility index (Phi) is 9.12. The van der Waals surface area contributed by atoms with E-state index in [0.717, 1.165) is 31.0 Å². The molecule has 0 unspecified atom stereocenters. The number of aliphatic imine (C=N–C) groups is 1. The van der Waals surface area contributed by atoms with Crippen LogP contribution in [0.2, 0.25) is 0 Å². The van der Waals surface area contributed by atoms with Gasteiger partial charge in [-0.1, -0.05) is 12.8 Å².